The quantitative estimate of drug-likeness (QED) is 0.688. The lowest BCUT2D eigenvalue weighted by Gasteiger charge is -2.08. The minimum Gasteiger partial charge on any atom is -0.460 e. The van der Waals surface area contributed by atoms with Crippen molar-refractivity contribution in [1.82, 2.24) is 14.8 Å². The van der Waals surface area contributed by atoms with E-state index in [0.29, 0.717) is 17.5 Å². The molecule has 0 radical (unpaired) electrons. The highest BCUT2D eigenvalue weighted by atomic mass is 32.1. The van der Waals surface area contributed by atoms with Crippen molar-refractivity contribution >= 4 is 22.9 Å². The predicted molar refractivity (Wildman–Crippen MR) is 101 cm³/mol. The van der Waals surface area contributed by atoms with Gasteiger partial charge in [-0.3, -0.25) is 4.79 Å². The Labute approximate surface area is 155 Å². The number of rotatable bonds is 7. The van der Waals surface area contributed by atoms with Gasteiger partial charge in [-0.1, -0.05) is 12.1 Å². The van der Waals surface area contributed by atoms with Crippen molar-refractivity contribution in [3.63, 3.8) is 0 Å². The second kappa shape index (κ2) is 8.11. The molecular formula is C18H20N4O3S. The summed E-state index contributed by atoms with van der Waals surface area (Å²) in [5.74, 6) is 0.474. The van der Waals surface area contributed by atoms with Crippen LogP contribution >= 0.6 is 11.3 Å². The number of hydrogen-bond acceptors (Lipinski definition) is 6. The molecule has 0 saturated heterocycles. The number of thiophene rings is 1. The normalized spacial score (nSPS) is 10.9. The van der Waals surface area contributed by atoms with E-state index < -0.39 is 0 Å². The van der Waals surface area contributed by atoms with Crippen molar-refractivity contribution in [2.24, 2.45) is 0 Å². The molecule has 0 spiro atoms. The highest BCUT2D eigenvalue weighted by Crippen LogP contribution is 2.28. The van der Waals surface area contributed by atoms with Gasteiger partial charge in [-0.25, -0.2) is 4.68 Å². The lowest BCUT2D eigenvalue weighted by Crippen LogP contribution is -2.17. The molecule has 7 nitrogen and oxygen atoms in total. The zero-order valence-corrected chi connectivity index (χ0v) is 15.6. The smallest absolute Gasteiger partial charge is 0.336 e. The Morgan fingerprint density at radius 2 is 2.15 bits per heavy atom. The monoisotopic (exact) mass is 372 g/mol. The Hall–Kier alpha value is -2.71. The number of carbonyl (C=O) groups excluding carboxylic acids is 1. The molecule has 3 aromatic rings. The first kappa shape index (κ1) is 18.1. The molecule has 0 aliphatic heterocycles. The largest absolute Gasteiger partial charge is 0.460 e. The van der Waals surface area contributed by atoms with Gasteiger partial charge in [0.25, 0.3) is 0 Å². The molecule has 0 fully saturated rings. The summed E-state index contributed by atoms with van der Waals surface area (Å²) in [6.07, 6.45) is -0.0262. The van der Waals surface area contributed by atoms with E-state index >= 15 is 0 Å². The van der Waals surface area contributed by atoms with Crippen LogP contribution in [0, 0.1) is 0 Å². The van der Waals surface area contributed by atoms with Gasteiger partial charge in [-0.2, -0.15) is 4.98 Å². The summed E-state index contributed by atoms with van der Waals surface area (Å²) in [4.78, 5) is 17.2. The van der Waals surface area contributed by atoms with Crippen LogP contribution in [0.15, 0.2) is 41.8 Å². The molecule has 0 atom stereocenters. The molecule has 1 amide bonds. The third-order valence-corrected chi connectivity index (χ3v) is 4.19. The molecule has 2 heterocycles. The van der Waals surface area contributed by atoms with Crippen molar-refractivity contribution in [1.29, 1.82) is 0 Å². The number of anilines is 1. The van der Waals surface area contributed by atoms with Gasteiger partial charge in [0, 0.05) is 12.8 Å². The van der Waals surface area contributed by atoms with Crippen molar-refractivity contribution < 1.29 is 14.3 Å². The molecule has 0 unspecified atom stereocenters. The summed E-state index contributed by atoms with van der Waals surface area (Å²) in [5, 5.41) is 9.26. The van der Waals surface area contributed by atoms with Gasteiger partial charge < -0.3 is 14.8 Å². The number of ether oxygens (including phenoxy) is 2. The fraction of sp³-hybridized carbons (Fsp3) is 0.278. The number of nitrogens with zero attached hydrogens (tertiary/aromatic N) is 3. The number of aromatic nitrogens is 3. The van der Waals surface area contributed by atoms with Crippen LogP contribution in [-0.2, 0) is 9.53 Å². The summed E-state index contributed by atoms with van der Waals surface area (Å²) < 4.78 is 12.2. The molecule has 0 aliphatic rings. The SMILES string of the molecule is COCC(=O)Nc1cccc(-n2nc(OC(C)C)nc2-c2cccs2)c1. The van der Waals surface area contributed by atoms with Crippen LogP contribution in [0.2, 0.25) is 0 Å². The van der Waals surface area contributed by atoms with Crippen LogP contribution in [0.1, 0.15) is 13.8 Å². The van der Waals surface area contributed by atoms with Crippen LogP contribution < -0.4 is 10.1 Å². The Kier molecular flexibility index (Phi) is 5.65. The second-order valence-corrected chi connectivity index (χ2v) is 6.75. The van der Waals surface area contributed by atoms with E-state index in [1.54, 1.807) is 16.0 Å². The fourth-order valence-electron chi connectivity index (χ4n) is 2.34. The van der Waals surface area contributed by atoms with Gasteiger partial charge >= 0.3 is 6.01 Å². The molecule has 1 N–H and O–H groups in total. The average molecular weight is 372 g/mol. The summed E-state index contributed by atoms with van der Waals surface area (Å²) in [5.41, 5.74) is 1.43. The van der Waals surface area contributed by atoms with Crippen LogP contribution in [0.3, 0.4) is 0 Å². The van der Waals surface area contributed by atoms with E-state index in [1.165, 1.54) is 7.11 Å². The first-order valence-electron chi connectivity index (χ1n) is 8.13. The number of methoxy groups -OCH3 is 1. The first-order valence-corrected chi connectivity index (χ1v) is 9.01. The average Bonchev–Trinajstić information content (AvgIpc) is 3.24. The van der Waals surface area contributed by atoms with E-state index in [1.807, 2.05) is 55.6 Å². The summed E-state index contributed by atoms with van der Waals surface area (Å²) in [6, 6.07) is 11.6. The number of hydrogen-bond donors (Lipinski definition) is 1. The number of amides is 1. The van der Waals surface area contributed by atoms with Gasteiger partial charge in [0.1, 0.15) is 6.61 Å². The summed E-state index contributed by atoms with van der Waals surface area (Å²) in [7, 11) is 1.48. The van der Waals surface area contributed by atoms with Gasteiger partial charge in [0.15, 0.2) is 5.82 Å². The Bertz CT molecular complexity index is 874. The lowest BCUT2D eigenvalue weighted by molar-refractivity contribution is -0.119. The predicted octanol–water partition coefficient (Wildman–Crippen LogP) is 3.37. The van der Waals surface area contributed by atoms with Gasteiger partial charge in [0.2, 0.25) is 5.91 Å². The molecule has 8 heteroatoms. The van der Waals surface area contributed by atoms with Crippen LogP contribution in [-0.4, -0.2) is 40.5 Å². The second-order valence-electron chi connectivity index (χ2n) is 5.81. The Morgan fingerprint density at radius 3 is 2.85 bits per heavy atom. The molecule has 0 saturated carbocycles. The topological polar surface area (TPSA) is 78.3 Å². The highest BCUT2D eigenvalue weighted by molar-refractivity contribution is 7.13. The number of nitrogens with one attached hydrogen (secondary N) is 1. The van der Waals surface area contributed by atoms with E-state index in [9.17, 15) is 4.79 Å². The van der Waals surface area contributed by atoms with E-state index in [-0.39, 0.29) is 18.6 Å². The third-order valence-electron chi connectivity index (χ3n) is 3.32. The summed E-state index contributed by atoms with van der Waals surface area (Å²) >= 11 is 1.57. The molecule has 3 rings (SSSR count). The molecule has 0 aliphatic carbocycles. The standard InChI is InChI=1S/C18H20N4O3S/c1-12(2)25-18-20-17(15-8-5-9-26-15)22(21-18)14-7-4-6-13(10-14)19-16(23)11-24-3/h4-10,12H,11H2,1-3H3,(H,19,23). The molecule has 26 heavy (non-hydrogen) atoms. The summed E-state index contributed by atoms with van der Waals surface area (Å²) in [6.45, 7) is 3.86. The van der Waals surface area contributed by atoms with E-state index in [4.69, 9.17) is 9.47 Å². The maximum absolute atomic E-state index is 11.8. The van der Waals surface area contributed by atoms with Crippen LogP contribution in [0.5, 0.6) is 6.01 Å². The van der Waals surface area contributed by atoms with Gasteiger partial charge in [-0.05, 0) is 43.5 Å². The Morgan fingerprint density at radius 1 is 1.31 bits per heavy atom. The van der Waals surface area contributed by atoms with Crippen molar-refractivity contribution in [2.75, 3.05) is 19.0 Å². The van der Waals surface area contributed by atoms with Gasteiger partial charge in [0.05, 0.1) is 16.7 Å². The number of benzene rings is 1. The van der Waals surface area contributed by atoms with E-state index in [0.717, 1.165) is 10.6 Å². The molecule has 2 aromatic heterocycles. The molecule has 136 valence electrons. The number of carbonyl (C=O) groups is 1. The Balaban J connectivity index is 1.97. The zero-order chi connectivity index (χ0) is 18.5. The van der Waals surface area contributed by atoms with Gasteiger partial charge in [-0.15, -0.1) is 16.4 Å². The maximum atomic E-state index is 11.8. The van der Waals surface area contributed by atoms with Crippen LogP contribution in [0.25, 0.3) is 16.4 Å². The lowest BCUT2D eigenvalue weighted by atomic mass is 10.2. The van der Waals surface area contributed by atoms with Crippen molar-refractivity contribution in [3.8, 4) is 22.4 Å². The van der Waals surface area contributed by atoms with Crippen molar-refractivity contribution in [2.45, 2.75) is 20.0 Å². The minimum atomic E-state index is -0.217. The minimum absolute atomic E-state index is 0.000372. The third kappa shape index (κ3) is 4.27. The maximum Gasteiger partial charge on any atom is 0.336 e. The molecule has 0 bridgehead atoms. The fourth-order valence-corrected chi connectivity index (χ4v) is 3.04. The molecule has 1 aromatic carbocycles. The zero-order valence-electron chi connectivity index (χ0n) is 14.8. The van der Waals surface area contributed by atoms with Crippen LogP contribution in [0.4, 0.5) is 5.69 Å². The molecular weight excluding hydrogens is 352 g/mol. The van der Waals surface area contributed by atoms with Crippen molar-refractivity contribution in [3.05, 3.63) is 41.8 Å². The first-order chi connectivity index (χ1) is 12.6. The van der Waals surface area contributed by atoms with E-state index in [2.05, 4.69) is 15.4 Å². The highest BCUT2D eigenvalue weighted by Gasteiger charge is 2.16.